The topological polar surface area (TPSA) is 49.4 Å². The lowest BCUT2D eigenvalue weighted by molar-refractivity contribution is 0.378. The van der Waals surface area contributed by atoms with Crippen LogP contribution in [0, 0.1) is 5.92 Å². The van der Waals surface area contributed by atoms with Gasteiger partial charge in [-0.25, -0.2) is 8.42 Å². The molecule has 0 saturated carbocycles. The fraction of sp³-hybridized carbons (Fsp3) is 1.00. The van der Waals surface area contributed by atoms with Gasteiger partial charge in [0.2, 0.25) is 10.0 Å². The van der Waals surface area contributed by atoms with Crippen LogP contribution in [0.15, 0.2) is 0 Å². The summed E-state index contributed by atoms with van der Waals surface area (Å²) in [5.41, 5.74) is 0. The summed E-state index contributed by atoms with van der Waals surface area (Å²) >= 11 is 1.91. The number of piperidine rings is 1. The summed E-state index contributed by atoms with van der Waals surface area (Å²) in [6.45, 7) is 5.44. The molecule has 0 spiro atoms. The predicted molar refractivity (Wildman–Crippen MR) is 77.5 cm³/mol. The van der Waals surface area contributed by atoms with Crippen molar-refractivity contribution in [3.05, 3.63) is 0 Å². The first-order chi connectivity index (χ1) is 8.62. The van der Waals surface area contributed by atoms with Crippen LogP contribution >= 0.6 is 11.8 Å². The Morgan fingerprint density at radius 1 is 1.44 bits per heavy atom. The van der Waals surface area contributed by atoms with Gasteiger partial charge in [-0.2, -0.15) is 16.1 Å². The third-order valence-corrected chi connectivity index (χ3v) is 7.18. The highest BCUT2D eigenvalue weighted by Crippen LogP contribution is 2.24. The lowest BCUT2D eigenvalue weighted by Crippen LogP contribution is -2.45. The minimum atomic E-state index is -3.05. The maximum Gasteiger partial charge on any atom is 0.214 e. The number of sulfonamides is 1. The zero-order chi connectivity index (χ0) is 13.0. The molecule has 4 nitrogen and oxygen atoms in total. The van der Waals surface area contributed by atoms with Gasteiger partial charge in [-0.05, 0) is 38.3 Å². The Hall–Kier alpha value is 0.220. The van der Waals surface area contributed by atoms with Crippen molar-refractivity contribution in [1.82, 2.24) is 9.62 Å². The second-order valence-electron chi connectivity index (χ2n) is 5.25. The molecule has 2 rings (SSSR count). The summed E-state index contributed by atoms with van der Waals surface area (Å²) in [7, 11) is -3.05. The molecule has 2 atom stereocenters. The first-order valence-electron chi connectivity index (χ1n) is 6.92. The van der Waals surface area contributed by atoms with E-state index in [-0.39, 0.29) is 0 Å². The van der Waals surface area contributed by atoms with Crippen molar-refractivity contribution in [2.75, 3.05) is 37.7 Å². The summed E-state index contributed by atoms with van der Waals surface area (Å²) in [4.78, 5) is 0. The molecule has 0 aromatic rings. The monoisotopic (exact) mass is 292 g/mol. The van der Waals surface area contributed by atoms with Crippen molar-refractivity contribution in [3.8, 4) is 0 Å². The standard InChI is InChI=1S/C12H24N2O2S2/c1-2-12-9-14(6-7-17-12)18(15,16)10-11-4-3-5-13-8-11/h11-13H,2-10H2,1H3. The van der Waals surface area contributed by atoms with Crippen LogP contribution in [0.4, 0.5) is 0 Å². The quantitative estimate of drug-likeness (QED) is 0.844. The van der Waals surface area contributed by atoms with E-state index in [1.165, 1.54) is 0 Å². The Bertz CT molecular complexity index is 353. The van der Waals surface area contributed by atoms with Crippen LogP contribution in [-0.2, 0) is 10.0 Å². The SMILES string of the molecule is CCC1CN(S(=O)(=O)CC2CCCNC2)CCS1. The molecule has 2 heterocycles. The van der Waals surface area contributed by atoms with Crippen LogP contribution in [0.2, 0.25) is 0 Å². The van der Waals surface area contributed by atoms with Crippen molar-refractivity contribution in [1.29, 1.82) is 0 Å². The molecule has 0 aromatic carbocycles. The molecule has 106 valence electrons. The van der Waals surface area contributed by atoms with Crippen LogP contribution in [0.5, 0.6) is 0 Å². The van der Waals surface area contributed by atoms with E-state index in [1.54, 1.807) is 4.31 Å². The third-order valence-electron chi connectivity index (χ3n) is 3.80. The van der Waals surface area contributed by atoms with Crippen LogP contribution in [0.1, 0.15) is 26.2 Å². The average Bonchev–Trinajstić information content (AvgIpc) is 2.39. The van der Waals surface area contributed by atoms with Gasteiger partial charge in [-0.15, -0.1) is 0 Å². The first kappa shape index (κ1) is 14.6. The molecule has 0 radical (unpaired) electrons. The molecular formula is C12H24N2O2S2. The molecular weight excluding hydrogens is 268 g/mol. The molecule has 2 aliphatic rings. The van der Waals surface area contributed by atoms with E-state index in [1.807, 2.05) is 11.8 Å². The van der Waals surface area contributed by atoms with Crippen LogP contribution in [0.25, 0.3) is 0 Å². The third kappa shape index (κ3) is 3.85. The van der Waals surface area contributed by atoms with E-state index in [2.05, 4.69) is 12.2 Å². The van der Waals surface area contributed by atoms with Gasteiger partial charge >= 0.3 is 0 Å². The molecule has 2 fully saturated rings. The second kappa shape index (κ2) is 6.59. The molecule has 2 saturated heterocycles. The number of nitrogens with one attached hydrogen (secondary N) is 1. The van der Waals surface area contributed by atoms with Gasteiger partial charge in [-0.1, -0.05) is 6.92 Å². The van der Waals surface area contributed by atoms with Gasteiger partial charge in [0, 0.05) is 24.1 Å². The Morgan fingerprint density at radius 2 is 2.28 bits per heavy atom. The summed E-state index contributed by atoms with van der Waals surface area (Å²) < 4.78 is 26.5. The van der Waals surface area contributed by atoms with Gasteiger partial charge in [-0.3, -0.25) is 0 Å². The van der Waals surface area contributed by atoms with Gasteiger partial charge in [0.15, 0.2) is 0 Å². The Kier molecular flexibility index (Phi) is 5.35. The van der Waals surface area contributed by atoms with Crippen LogP contribution < -0.4 is 5.32 Å². The number of thioether (sulfide) groups is 1. The lowest BCUT2D eigenvalue weighted by atomic mass is 10.0. The number of hydrogen-bond donors (Lipinski definition) is 1. The van der Waals surface area contributed by atoms with Gasteiger partial charge in [0.1, 0.15) is 0 Å². The van der Waals surface area contributed by atoms with E-state index in [9.17, 15) is 8.42 Å². The number of nitrogens with zero attached hydrogens (tertiary/aromatic N) is 1. The lowest BCUT2D eigenvalue weighted by Gasteiger charge is -2.33. The zero-order valence-electron chi connectivity index (χ0n) is 11.1. The molecule has 18 heavy (non-hydrogen) atoms. The molecule has 2 aliphatic heterocycles. The molecule has 0 bridgehead atoms. The number of rotatable bonds is 4. The van der Waals surface area contributed by atoms with Crippen LogP contribution in [-0.4, -0.2) is 55.7 Å². The minimum Gasteiger partial charge on any atom is -0.316 e. The smallest absolute Gasteiger partial charge is 0.214 e. The molecule has 6 heteroatoms. The van der Waals surface area contributed by atoms with Crippen molar-refractivity contribution >= 4 is 21.8 Å². The minimum absolute atomic E-state index is 0.304. The summed E-state index contributed by atoms with van der Waals surface area (Å²) in [5, 5.41) is 3.78. The second-order valence-corrected chi connectivity index (χ2v) is 8.67. The maximum absolute atomic E-state index is 12.4. The molecule has 0 amide bonds. The zero-order valence-corrected chi connectivity index (χ0v) is 12.7. The molecule has 0 aliphatic carbocycles. The summed E-state index contributed by atoms with van der Waals surface area (Å²) in [6.07, 6.45) is 3.21. The van der Waals surface area contributed by atoms with E-state index in [4.69, 9.17) is 0 Å². The van der Waals surface area contributed by atoms with E-state index in [0.29, 0.717) is 30.0 Å². The summed E-state index contributed by atoms with van der Waals surface area (Å²) in [6, 6.07) is 0. The van der Waals surface area contributed by atoms with E-state index in [0.717, 1.165) is 38.1 Å². The van der Waals surface area contributed by atoms with Gasteiger partial charge in [0.25, 0.3) is 0 Å². The Morgan fingerprint density at radius 3 is 2.94 bits per heavy atom. The normalized spacial score (nSPS) is 31.4. The Labute approximate surface area is 115 Å². The molecule has 1 N–H and O–H groups in total. The predicted octanol–water partition coefficient (Wildman–Crippen LogP) is 1.14. The van der Waals surface area contributed by atoms with Crippen molar-refractivity contribution in [2.24, 2.45) is 5.92 Å². The fourth-order valence-electron chi connectivity index (χ4n) is 2.66. The van der Waals surface area contributed by atoms with Crippen molar-refractivity contribution in [2.45, 2.75) is 31.4 Å². The highest BCUT2D eigenvalue weighted by Gasteiger charge is 2.31. The van der Waals surface area contributed by atoms with E-state index >= 15 is 0 Å². The maximum atomic E-state index is 12.4. The fourth-order valence-corrected chi connectivity index (χ4v) is 5.92. The molecule has 0 aromatic heterocycles. The highest BCUT2D eigenvalue weighted by molar-refractivity contribution is 8.00. The first-order valence-corrected chi connectivity index (χ1v) is 9.57. The van der Waals surface area contributed by atoms with Crippen molar-refractivity contribution in [3.63, 3.8) is 0 Å². The van der Waals surface area contributed by atoms with E-state index < -0.39 is 10.0 Å². The Balaban J connectivity index is 1.92. The average molecular weight is 292 g/mol. The van der Waals surface area contributed by atoms with Gasteiger partial charge in [0.05, 0.1) is 5.75 Å². The number of hydrogen-bond acceptors (Lipinski definition) is 4. The largest absolute Gasteiger partial charge is 0.316 e. The van der Waals surface area contributed by atoms with Gasteiger partial charge < -0.3 is 5.32 Å². The molecule has 2 unspecified atom stereocenters. The van der Waals surface area contributed by atoms with Crippen molar-refractivity contribution < 1.29 is 8.42 Å². The van der Waals surface area contributed by atoms with Crippen LogP contribution in [0.3, 0.4) is 0 Å². The summed E-state index contributed by atoms with van der Waals surface area (Å²) in [5.74, 6) is 1.58. The highest BCUT2D eigenvalue weighted by atomic mass is 32.2.